The number of carbonyl (C=O) groups excluding carboxylic acids is 1. The molecule has 1 saturated heterocycles. The van der Waals surface area contributed by atoms with Gasteiger partial charge in [0, 0.05) is 33.3 Å². The zero-order chi connectivity index (χ0) is 16.7. The number of carboxylic acids is 1. The number of benzene rings is 1. The van der Waals surface area contributed by atoms with Crippen LogP contribution in [0.3, 0.4) is 0 Å². The summed E-state index contributed by atoms with van der Waals surface area (Å²) < 4.78 is 5.02. The molecule has 1 atom stereocenters. The molecule has 2 rings (SSSR count). The van der Waals surface area contributed by atoms with E-state index in [9.17, 15) is 9.59 Å². The van der Waals surface area contributed by atoms with Crippen molar-refractivity contribution in [2.24, 2.45) is 0 Å². The number of carboxylic acid groups (broad SMARTS) is 1. The predicted molar refractivity (Wildman–Crippen MR) is 86.2 cm³/mol. The molecule has 1 aromatic carbocycles. The Morgan fingerprint density at radius 3 is 2.65 bits per heavy atom. The number of hydrogen-bond donors (Lipinski definition) is 1. The normalized spacial score (nSPS) is 19.1. The Balaban J connectivity index is 1.99. The van der Waals surface area contributed by atoms with Gasteiger partial charge >= 0.3 is 5.97 Å². The van der Waals surface area contributed by atoms with E-state index in [0.29, 0.717) is 32.8 Å². The molecule has 23 heavy (non-hydrogen) atoms. The molecule has 1 amide bonds. The molecular formula is C17H24N2O4. The van der Waals surface area contributed by atoms with E-state index in [1.807, 2.05) is 35.2 Å². The predicted octanol–water partition coefficient (Wildman–Crippen LogP) is 0.863. The van der Waals surface area contributed by atoms with E-state index >= 15 is 0 Å². The molecule has 0 spiro atoms. The zero-order valence-electron chi connectivity index (χ0n) is 13.5. The van der Waals surface area contributed by atoms with E-state index in [0.717, 1.165) is 6.42 Å². The first-order valence-electron chi connectivity index (χ1n) is 7.89. The molecule has 1 aliphatic rings. The molecule has 1 N–H and O–H groups in total. The highest BCUT2D eigenvalue weighted by molar-refractivity contribution is 5.86. The first kappa shape index (κ1) is 17.4. The average molecular weight is 320 g/mol. The van der Waals surface area contributed by atoms with Crippen molar-refractivity contribution in [3.63, 3.8) is 0 Å². The third-order valence-electron chi connectivity index (χ3n) is 4.16. The number of amides is 1. The Kier molecular flexibility index (Phi) is 6.55. The van der Waals surface area contributed by atoms with Crippen LogP contribution < -0.4 is 0 Å². The minimum Gasteiger partial charge on any atom is -0.481 e. The monoisotopic (exact) mass is 320 g/mol. The zero-order valence-corrected chi connectivity index (χ0v) is 13.5. The highest BCUT2D eigenvalue weighted by atomic mass is 16.5. The number of hydrogen-bond acceptors (Lipinski definition) is 4. The maximum absolute atomic E-state index is 12.6. The van der Waals surface area contributed by atoms with Gasteiger partial charge in [0.05, 0.1) is 19.1 Å². The largest absolute Gasteiger partial charge is 0.481 e. The Labute approximate surface area is 136 Å². The second-order valence-corrected chi connectivity index (χ2v) is 5.70. The Hall–Kier alpha value is -1.92. The lowest BCUT2D eigenvalue weighted by molar-refractivity contribution is -0.149. The van der Waals surface area contributed by atoms with Gasteiger partial charge in [-0.15, -0.1) is 0 Å². The number of carbonyl (C=O) groups is 2. The lowest BCUT2D eigenvalue weighted by Crippen LogP contribution is -2.58. The summed E-state index contributed by atoms with van der Waals surface area (Å²) in [6.45, 7) is 2.98. The molecule has 1 heterocycles. The summed E-state index contributed by atoms with van der Waals surface area (Å²) in [6, 6.07) is 9.44. The van der Waals surface area contributed by atoms with Crippen LogP contribution in [0.2, 0.25) is 0 Å². The molecule has 0 radical (unpaired) electrons. The summed E-state index contributed by atoms with van der Waals surface area (Å²) in [7, 11) is 1.59. The lowest BCUT2D eigenvalue weighted by atomic mass is 10.1. The van der Waals surface area contributed by atoms with Crippen molar-refractivity contribution >= 4 is 11.9 Å². The van der Waals surface area contributed by atoms with Crippen molar-refractivity contribution in [1.82, 2.24) is 9.80 Å². The molecule has 0 saturated carbocycles. The molecule has 6 nitrogen and oxygen atoms in total. The Bertz CT molecular complexity index is 521. The number of methoxy groups -OCH3 is 1. The van der Waals surface area contributed by atoms with Gasteiger partial charge < -0.3 is 14.7 Å². The van der Waals surface area contributed by atoms with Crippen molar-refractivity contribution in [2.75, 3.05) is 39.9 Å². The van der Waals surface area contributed by atoms with Crippen LogP contribution >= 0.6 is 0 Å². The average Bonchev–Trinajstić information content (AvgIpc) is 2.55. The SMILES string of the molecule is COCCN1CCN(CCc2ccccc2)C(CC(=O)O)C1=O. The highest BCUT2D eigenvalue weighted by Gasteiger charge is 2.35. The molecular weight excluding hydrogens is 296 g/mol. The number of ether oxygens (including phenoxy) is 1. The van der Waals surface area contributed by atoms with Gasteiger partial charge in [-0.1, -0.05) is 30.3 Å². The number of rotatable bonds is 8. The van der Waals surface area contributed by atoms with Crippen LogP contribution in [0.25, 0.3) is 0 Å². The second kappa shape index (κ2) is 8.64. The van der Waals surface area contributed by atoms with Crippen LogP contribution in [0, 0.1) is 0 Å². The van der Waals surface area contributed by atoms with Crippen molar-refractivity contribution < 1.29 is 19.4 Å². The first-order valence-corrected chi connectivity index (χ1v) is 7.89. The van der Waals surface area contributed by atoms with Crippen molar-refractivity contribution in [1.29, 1.82) is 0 Å². The van der Waals surface area contributed by atoms with E-state index in [1.54, 1.807) is 12.0 Å². The topological polar surface area (TPSA) is 70.1 Å². The van der Waals surface area contributed by atoms with Crippen LogP contribution in [0.1, 0.15) is 12.0 Å². The van der Waals surface area contributed by atoms with E-state index in [-0.39, 0.29) is 12.3 Å². The fourth-order valence-corrected chi connectivity index (χ4v) is 2.87. The summed E-state index contributed by atoms with van der Waals surface area (Å²) in [5.41, 5.74) is 1.19. The fourth-order valence-electron chi connectivity index (χ4n) is 2.87. The number of piperazine rings is 1. The van der Waals surface area contributed by atoms with Gasteiger partial charge in [0.1, 0.15) is 0 Å². The molecule has 6 heteroatoms. The third-order valence-corrected chi connectivity index (χ3v) is 4.16. The van der Waals surface area contributed by atoms with Gasteiger partial charge in [0.15, 0.2) is 0 Å². The molecule has 1 aliphatic heterocycles. The van der Waals surface area contributed by atoms with Crippen LogP contribution in [-0.4, -0.2) is 72.7 Å². The molecule has 0 aliphatic carbocycles. The third kappa shape index (κ3) is 5.04. The Morgan fingerprint density at radius 2 is 2.00 bits per heavy atom. The second-order valence-electron chi connectivity index (χ2n) is 5.70. The minimum atomic E-state index is -0.943. The molecule has 126 valence electrons. The van der Waals surface area contributed by atoms with Crippen molar-refractivity contribution in [2.45, 2.75) is 18.9 Å². The maximum atomic E-state index is 12.6. The van der Waals surface area contributed by atoms with E-state index in [4.69, 9.17) is 9.84 Å². The molecule has 1 fully saturated rings. The van der Waals surface area contributed by atoms with E-state index in [1.165, 1.54) is 5.56 Å². The van der Waals surface area contributed by atoms with Crippen molar-refractivity contribution in [3.8, 4) is 0 Å². The van der Waals surface area contributed by atoms with Gasteiger partial charge in [-0.3, -0.25) is 14.5 Å². The molecule has 0 aromatic heterocycles. The lowest BCUT2D eigenvalue weighted by Gasteiger charge is -2.40. The Morgan fingerprint density at radius 1 is 1.26 bits per heavy atom. The smallest absolute Gasteiger partial charge is 0.305 e. The quantitative estimate of drug-likeness (QED) is 0.769. The van der Waals surface area contributed by atoms with E-state index in [2.05, 4.69) is 0 Å². The fraction of sp³-hybridized carbons (Fsp3) is 0.529. The van der Waals surface area contributed by atoms with Gasteiger partial charge in [0.2, 0.25) is 5.91 Å². The summed E-state index contributed by atoms with van der Waals surface area (Å²) >= 11 is 0. The van der Waals surface area contributed by atoms with Gasteiger partial charge in [-0.2, -0.15) is 0 Å². The molecule has 1 unspecified atom stereocenters. The van der Waals surface area contributed by atoms with Gasteiger partial charge in [-0.05, 0) is 12.0 Å². The number of nitrogens with zero attached hydrogens (tertiary/aromatic N) is 2. The highest BCUT2D eigenvalue weighted by Crippen LogP contribution is 2.16. The van der Waals surface area contributed by atoms with Gasteiger partial charge in [-0.25, -0.2) is 0 Å². The molecule has 1 aromatic rings. The van der Waals surface area contributed by atoms with Crippen LogP contribution in [0.15, 0.2) is 30.3 Å². The van der Waals surface area contributed by atoms with Crippen LogP contribution in [-0.2, 0) is 20.7 Å². The summed E-state index contributed by atoms with van der Waals surface area (Å²) in [5.74, 6) is -1.05. The maximum Gasteiger partial charge on any atom is 0.305 e. The van der Waals surface area contributed by atoms with Gasteiger partial charge in [0.25, 0.3) is 0 Å². The van der Waals surface area contributed by atoms with Crippen LogP contribution in [0.4, 0.5) is 0 Å². The standard InChI is InChI=1S/C17H24N2O4/c1-23-12-11-19-10-9-18(15(17(19)22)13-16(20)21)8-7-14-5-3-2-4-6-14/h2-6,15H,7-13H2,1H3,(H,20,21). The summed E-state index contributed by atoms with van der Waals surface area (Å²) in [5, 5.41) is 9.13. The molecule has 0 bridgehead atoms. The van der Waals surface area contributed by atoms with Crippen LogP contribution in [0.5, 0.6) is 0 Å². The van der Waals surface area contributed by atoms with Crippen molar-refractivity contribution in [3.05, 3.63) is 35.9 Å². The summed E-state index contributed by atoms with van der Waals surface area (Å²) in [6.07, 6.45) is 0.652. The minimum absolute atomic E-state index is 0.108. The number of aliphatic carboxylic acids is 1. The first-order chi connectivity index (χ1) is 11.1. The van der Waals surface area contributed by atoms with E-state index < -0.39 is 12.0 Å². The summed E-state index contributed by atoms with van der Waals surface area (Å²) in [4.78, 5) is 27.4.